The first-order chi connectivity index (χ1) is 10.5. The molecule has 0 fully saturated rings. The minimum absolute atomic E-state index is 0.173. The van der Waals surface area contributed by atoms with Crippen molar-refractivity contribution in [3.05, 3.63) is 58.6 Å². The van der Waals surface area contributed by atoms with E-state index in [9.17, 15) is 9.59 Å². The van der Waals surface area contributed by atoms with Gasteiger partial charge in [0.2, 0.25) is 0 Å². The number of hydrogen-bond donors (Lipinski definition) is 1. The van der Waals surface area contributed by atoms with E-state index in [0.29, 0.717) is 11.3 Å². The van der Waals surface area contributed by atoms with Gasteiger partial charge in [-0.1, -0.05) is 23.7 Å². The summed E-state index contributed by atoms with van der Waals surface area (Å²) in [4.78, 5) is 23.3. The molecule has 5 nitrogen and oxygen atoms in total. The second-order valence-electron chi connectivity index (χ2n) is 4.35. The minimum atomic E-state index is -0.512. The van der Waals surface area contributed by atoms with Gasteiger partial charge in [-0.3, -0.25) is 9.59 Å². The number of esters is 1. The van der Waals surface area contributed by atoms with Crippen LogP contribution in [0.25, 0.3) is 0 Å². The SMILES string of the molecule is CC(=O)Oc1ccccc1C(=O)Nc1ccc(C#N)c(Cl)c1. The van der Waals surface area contributed by atoms with Crippen LogP contribution in [0.15, 0.2) is 42.5 Å². The van der Waals surface area contributed by atoms with Crippen LogP contribution in [0.3, 0.4) is 0 Å². The number of nitrogens with zero attached hydrogens (tertiary/aromatic N) is 1. The number of carbonyl (C=O) groups is 2. The first kappa shape index (κ1) is 15.5. The van der Waals surface area contributed by atoms with E-state index in [-0.39, 0.29) is 16.3 Å². The molecule has 2 rings (SSSR count). The number of amides is 1. The van der Waals surface area contributed by atoms with Crippen LogP contribution in [0.1, 0.15) is 22.8 Å². The van der Waals surface area contributed by atoms with E-state index >= 15 is 0 Å². The number of ether oxygens (including phenoxy) is 1. The van der Waals surface area contributed by atoms with E-state index in [0.717, 1.165) is 0 Å². The van der Waals surface area contributed by atoms with Gasteiger partial charge in [0.15, 0.2) is 0 Å². The number of nitriles is 1. The summed E-state index contributed by atoms with van der Waals surface area (Å²) in [7, 11) is 0. The largest absolute Gasteiger partial charge is 0.426 e. The van der Waals surface area contributed by atoms with Crippen molar-refractivity contribution in [1.82, 2.24) is 0 Å². The van der Waals surface area contributed by atoms with Crippen LogP contribution < -0.4 is 10.1 Å². The third kappa shape index (κ3) is 3.62. The van der Waals surface area contributed by atoms with Gasteiger partial charge in [-0.25, -0.2) is 0 Å². The first-order valence-corrected chi connectivity index (χ1v) is 6.67. The van der Waals surface area contributed by atoms with Crippen molar-refractivity contribution >= 4 is 29.2 Å². The maximum absolute atomic E-state index is 12.3. The molecule has 0 aromatic heterocycles. The molecule has 0 aliphatic heterocycles. The van der Waals surface area contributed by atoms with E-state index in [1.54, 1.807) is 24.3 Å². The fraction of sp³-hybridized carbons (Fsp3) is 0.0625. The zero-order valence-corrected chi connectivity index (χ0v) is 12.3. The molecule has 22 heavy (non-hydrogen) atoms. The molecule has 0 radical (unpaired) electrons. The van der Waals surface area contributed by atoms with Gasteiger partial charge in [-0.15, -0.1) is 0 Å². The Balaban J connectivity index is 2.25. The molecule has 0 spiro atoms. The lowest BCUT2D eigenvalue weighted by molar-refractivity contribution is -0.131. The van der Waals surface area contributed by atoms with Crippen molar-refractivity contribution in [2.75, 3.05) is 5.32 Å². The number of hydrogen-bond acceptors (Lipinski definition) is 4. The second kappa shape index (κ2) is 6.74. The first-order valence-electron chi connectivity index (χ1n) is 6.29. The van der Waals surface area contributed by atoms with E-state index in [1.807, 2.05) is 6.07 Å². The topological polar surface area (TPSA) is 79.2 Å². The van der Waals surface area contributed by atoms with Crippen LogP contribution in [0.4, 0.5) is 5.69 Å². The molecule has 6 heteroatoms. The average Bonchev–Trinajstić information content (AvgIpc) is 2.47. The number of carbonyl (C=O) groups excluding carboxylic acids is 2. The number of anilines is 1. The van der Waals surface area contributed by atoms with Crippen LogP contribution >= 0.6 is 11.6 Å². The molecule has 2 aromatic rings. The predicted octanol–water partition coefficient (Wildman–Crippen LogP) is 3.39. The fourth-order valence-corrected chi connectivity index (χ4v) is 2.00. The third-order valence-corrected chi connectivity index (χ3v) is 3.05. The Kier molecular flexibility index (Phi) is 4.77. The van der Waals surface area contributed by atoms with Crippen molar-refractivity contribution < 1.29 is 14.3 Å². The Morgan fingerprint density at radius 2 is 1.95 bits per heavy atom. The van der Waals surface area contributed by atoms with Gasteiger partial charge in [0, 0.05) is 12.6 Å². The highest BCUT2D eigenvalue weighted by Crippen LogP contribution is 2.23. The number of halogens is 1. The molecule has 1 N–H and O–H groups in total. The molecule has 110 valence electrons. The van der Waals surface area contributed by atoms with Gasteiger partial charge in [-0.2, -0.15) is 5.26 Å². The van der Waals surface area contributed by atoms with Crippen LogP contribution in [0.2, 0.25) is 5.02 Å². The molecule has 0 saturated carbocycles. The summed E-state index contributed by atoms with van der Waals surface area (Å²) in [6.45, 7) is 1.26. The maximum Gasteiger partial charge on any atom is 0.308 e. The predicted molar refractivity (Wildman–Crippen MR) is 81.9 cm³/mol. The second-order valence-corrected chi connectivity index (χ2v) is 4.76. The summed E-state index contributed by atoms with van der Waals surface area (Å²) in [6.07, 6.45) is 0. The molecule has 0 aliphatic rings. The van der Waals surface area contributed by atoms with E-state index in [2.05, 4.69) is 5.32 Å². The lowest BCUT2D eigenvalue weighted by Gasteiger charge is -2.10. The third-order valence-electron chi connectivity index (χ3n) is 2.73. The van der Waals surface area contributed by atoms with E-state index in [4.69, 9.17) is 21.6 Å². The van der Waals surface area contributed by atoms with Crippen molar-refractivity contribution in [1.29, 1.82) is 5.26 Å². The van der Waals surface area contributed by atoms with Gasteiger partial charge < -0.3 is 10.1 Å². The highest BCUT2D eigenvalue weighted by atomic mass is 35.5. The zero-order valence-electron chi connectivity index (χ0n) is 11.6. The number of nitrogens with one attached hydrogen (secondary N) is 1. The summed E-state index contributed by atoms with van der Waals surface area (Å²) in [5, 5.41) is 11.7. The van der Waals surface area contributed by atoms with Crippen LogP contribution in [0.5, 0.6) is 5.75 Å². The highest BCUT2D eigenvalue weighted by molar-refractivity contribution is 6.32. The number of benzene rings is 2. The molecular formula is C16H11ClN2O3. The monoisotopic (exact) mass is 314 g/mol. The highest BCUT2D eigenvalue weighted by Gasteiger charge is 2.14. The van der Waals surface area contributed by atoms with Gasteiger partial charge in [0.1, 0.15) is 11.8 Å². The average molecular weight is 315 g/mol. The molecule has 0 saturated heterocycles. The fourth-order valence-electron chi connectivity index (χ4n) is 1.78. The zero-order chi connectivity index (χ0) is 16.1. The Morgan fingerprint density at radius 1 is 1.23 bits per heavy atom. The van der Waals surface area contributed by atoms with Crippen molar-refractivity contribution in [3.8, 4) is 11.8 Å². The standard InChI is InChI=1S/C16H11ClN2O3/c1-10(20)22-15-5-3-2-4-13(15)16(21)19-12-7-6-11(9-18)14(17)8-12/h2-8H,1H3,(H,19,21). The van der Waals surface area contributed by atoms with Crippen molar-refractivity contribution in [2.45, 2.75) is 6.92 Å². The van der Waals surface area contributed by atoms with Gasteiger partial charge in [0.05, 0.1) is 16.1 Å². The van der Waals surface area contributed by atoms with Gasteiger partial charge >= 0.3 is 5.97 Å². The molecule has 1 amide bonds. The quantitative estimate of drug-likeness (QED) is 0.695. The molecule has 0 unspecified atom stereocenters. The van der Waals surface area contributed by atoms with Crippen molar-refractivity contribution in [3.63, 3.8) is 0 Å². The Hall–Kier alpha value is -2.84. The molecule has 0 atom stereocenters. The lowest BCUT2D eigenvalue weighted by atomic mass is 10.1. The summed E-state index contributed by atoms with van der Waals surface area (Å²) in [5.41, 5.74) is 0.977. The Morgan fingerprint density at radius 3 is 2.59 bits per heavy atom. The smallest absolute Gasteiger partial charge is 0.308 e. The Bertz CT molecular complexity index is 781. The summed E-state index contributed by atoms with van der Waals surface area (Å²) in [6, 6.07) is 12.9. The minimum Gasteiger partial charge on any atom is -0.426 e. The van der Waals surface area contributed by atoms with Crippen LogP contribution in [-0.4, -0.2) is 11.9 Å². The lowest BCUT2D eigenvalue weighted by Crippen LogP contribution is -2.14. The molecule has 0 heterocycles. The Labute approximate surface area is 132 Å². The maximum atomic E-state index is 12.3. The molecular weight excluding hydrogens is 304 g/mol. The summed E-state index contributed by atoms with van der Waals surface area (Å²) in [5.74, 6) is -0.786. The molecule has 0 bridgehead atoms. The van der Waals surface area contributed by atoms with E-state index in [1.165, 1.54) is 25.1 Å². The van der Waals surface area contributed by atoms with Crippen LogP contribution in [0, 0.1) is 11.3 Å². The van der Waals surface area contributed by atoms with Crippen LogP contribution in [-0.2, 0) is 4.79 Å². The van der Waals surface area contributed by atoms with Crippen molar-refractivity contribution in [2.24, 2.45) is 0 Å². The molecule has 0 aliphatic carbocycles. The summed E-state index contributed by atoms with van der Waals surface area (Å²) < 4.78 is 5.00. The normalized spacial score (nSPS) is 9.68. The number of rotatable bonds is 3. The summed E-state index contributed by atoms with van der Waals surface area (Å²) >= 11 is 5.92. The molecule has 2 aromatic carbocycles. The van der Waals surface area contributed by atoms with Gasteiger partial charge in [0.25, 0.3) is 5.91 Å². The van der Waals surface area contributed by atoms with E-state index < -0.39 is 11.9 Å². The number of para-hydroxylation sites is 1. The van der Waals surface area contributed by atoms with Gasteiger partial charge in [-0.05, 0) is 30.3 Å².